The molecule has 1 saturated heterocycles. The Morgan fingerprint density at radius 3 is 2.69 bits per heavy atom. The number of hydrogen-bond acceptors (Lipinski definition) is 4. The van der Waals surface area contributed by atoms with Crippen molar-refractivity contribution in [1.29, 1.82) is 0 Å². The van der Waals surface area contributed by atoms with Crippen molar-refractivity contribution in [2.45, 2.75) is 18.4 Å². The second-order valence-electron chi connectivity index (χ2n) is 4.09. The number of hydrazine groups is 1. The minimum absolute atomic E-state index is 0.174. The lowest BCUT2D eigenvalue weighted by molar-refractivity contribution is -0.229. The molecule has 1 aromatic carbocycles. The van der Waals surface area contributed by atoms with Gasteiger partial charge in [0.05, 0.1) is 6.04 Å². The van der Waals surface area contributed by atoms with Crippen LogP contribution >= 0.6 is 0 Å². The molecule has 0 saturated carbocycles. The van der Waals surface area contributed by atoms with E-state index in [-0.39, 0.29) is 12.0 Å². The molecule has 2 rings (SSSR count). The average Bonchev–Trinajstić information content (AvgIpc) is 2.73. The Bertz CT molecular complexity index is 353. The van der Waals surface area contributed by atoms with Gasteiger partial charge in [0, 0.05) is 19.5 Å². The van der Waals surface area contributed by atoms with E-state index in [1.54, 1.807) is 12.1 Å². The summed E-state index contributed by atoms with van der Waals surface area (Å²) in [6, 6.07) is 9.71. The number of aldehydes is 1. The number of nitrogens with zero attached hydrogens (tertiary/aromatic N) is 2. The Balaban J connectivity index is 2.21. The number of carbonyl (C=O) groups excluding carboxylic acids is 1. The summed E-state index contributed by atoms with van der Waals surface area (Å²) in [6.45, 7) is 0.704. The third-order valence-corrected chi connectivity index (χ3v) is 3.16. The van der Waals surface area contributed by atoms with E-state index >= 15 is 0 Å². The van der Waals surface area contributed by atoms with Crippen molar-refractivity contribution in [1.82, 2.24) is 10.2 Å². The molecule has 0 bridgehead atoms. The Kier molecular flexibility index (Phi) is 3.33. The van der Waals surface area contributed by atoms with Gasteiger partial charge in [-0.1, -0.05) is 30.3 Å². The summed E-state index contributed by atoms with van der Waals surface area (Å²) in [5, 5.41) is 12.1. The summed E-state index contributed by atoms with van der Waals surface area (Å²) in [5.74, 6) is 0.174. The fraction of sp³-hybridized carbons (Fsp3) is 0.417. The smallest absolute Gasteiger partial charge is 0.139 e. The zero-order chi connectivity index (χ0) is 11.5. The van der Waals surface area contributed by atoms with Crippen LogP contribution in [0.1, 0.15) is 17.9 Å². The molecule has 2 atom stereocenters. The largest absolute Gasteiger partial charge is 0.302 e. The van der Waals surface area contributed by atoms with E-state index in [2.05, 4.69) is 0 Å². The third-order valence-electron chi connectivity index (χ3n) is 3.16. The van der Waals surface area contributed by atoms with E-state index in [0.29, 0.717) is 6.54 Å². The van der Waals surface area contributed by atoms with Crippen molar-refractivity contribution in [2.75, 3.05) is 13.6 Å². The lowest BCUT2D eigenvalue weighted by atomic mass is 9.93. The third kappa shape index (κ3) is 2.00. The maximum atomic E-state index is 11.1. The van der Waals surface area contributed by atoms with E-state index < -0.39 is 0 Å². The van der Waals surface area contributed by atoms with Crippen LogP contribution in [-0.2, 0) is 4.79 Å². The van der Waals surface area contributed by atoms with E-state index in [0.717, 1.165) is 23.4 Å². The molecule has 0 spiro atoms. The summed E-state index contributed by atoms with van der Waals surface area (Å²) in [4.78, 5) is 11.1. The van der Waals surface area contributed by atoms with Gasteiger partial charge in [0.1, 0.15) is 6.29 Å². The van der Waals surface area contributed by atoms with Crippen molar-refractivity contribution in [3.8, 4) is 0 Å². The normalized spacial score (nSPS) is 26.2. The monoisotopic (exact) mass is 220 g/mol. The van der Waals surface area contributed by atoms with Gasteiger partial charge in [-0.15, -0.1) is 5.17 Å². The van der Waals surface area contributed by atoms with Crippen LogP contribution in [0.25, 0.3) is 0 Å². The van der Waals surface area contributed by atoms with Crippen molar-refractivity contribution < 1.29 is 10.0 Å². The zero-order valence-corrected chi connectivity index (χ0v) is 9.28. The lowest BCUT2D eigenvalue weighted by Crippen LogP contribution is -2.43. The Morgan fingerprint density at radius 1 is 1.44 bits per heavy atom. The second kappa shape index (κ2) is 4.74. The maximum absolute atomic E-state index is 11.1. The van der Waals surface area contributed by atoms with Crippen LogP contribution in [0, 0.1) is 0 Å². The second-order valence-corrected chi connectivity index (χ2v) is 4.09. The van der Waals surface area contributed by atoms with E-state index in [1.165, 1.54) is 0 Å². The molecule has 0 aliphatic carbocycles. The van der Waals surface area contributed by atoms with Gasteiger partial charge < -0.3 is 4.79 Å². The van der Waals surface area contributed by atoms with Crippen molar-refractivity contribution in [2.24, 2.45) is 0 Å². The molecule has 1 aliphatic heterocycles. The lowest BCUT2D eigenvalue weighted by Gasteiger charge is -2.27. The minimum Gasteiger partial charge on any atom is -0.302 e. The van der Waals surface area contributed by atoms with E-state index in [1.807, 2.05) is 30.3 Å². The Morgan fingerprint density at radius 2 is 2.12 bits per heavy atom. The summed E-state index contributed by atoms with van der Waals surface area (Å²) in [7, 11) is 1.55. The molecule has 1 heterocycles. The highest BCUT2D eigenvalue weighted by Crippen LogP contribution is 2.32. The molecule has 1 fully saturated rings. The highest BCUT2D eigenvalue weighted by atomic mass is 16.5. The van der Waals surface area contributed by atoms with Crippen LogP contribution in [0.5, 0.6) is 0 Å². The highest BCUT2D eigenvalue weighted by molar-refractivity contribution is 5.61. The molecule has 0 radical (unpaired) electrons. The van der Waals surface area contributed by atoms with Crippen LogP contribution < -0.4 is 0 Å². The van der Waals surface area contributed by atoms with Crippen LogP contribution in [0.15, 0.2) is 30.3 Å². The van der Waals surface area contributed by atoms with E-state index in [9.17, 15) is 10.0 Å². The predicted octanol–water partition coefficient (Wildman–Crippen LogP) is 1.28. The molecule has 1 N–H and O–H groups in total. The quantitative estimate of drug-likeness (QED) is 0.615. The Labute approximate surface area is 95.0 Å². The van der Waals surface area contributed by atoms with Crippen LogP contribution in [0.3, 0.4) is 0 Å². The first-order chi connectivity index (χ1) is 7.74. The van der Waals surface area contributed by atoms with Gasteiger partial charge in [0.25, 0.3) is 0 Å². The average molecular weight is 220 g/mol. The van der Waals surface area contributed by atoms with Crippen LogP contribution in [0.2, 0.25) is 0 Å². The number of benzene rings is 1. The van der Waals surface area contributed by atoms with Gasteiger partial charge in [-0.3, -0.25) is 5.21 Å². The van der Waals surface area contributed by atoms with Gasteiger partial charge in [0.15, 0.2) is 0 Å². The van der Waals surface area contributed by atoms with Crippen LogP contribution in [-0.4, -0.2) is 41.3 Å². The molecular formula is C12H16N2O2. The van der Waals surface area contributed by atoms with Gasteiger partial charge in [-0.05, 0) is 12.0 Å². The van der Waals surface area contributed by atoms with Crippen molar-refractivity contribution in [3.05, 3.63) is 35.9 Å². The molecule has 1 aliphatic rings. The fourth-order valence-electron chi connectivity index (χ4n) is 2.37. The summed E-state index contributed by atoms with van der Waals surface area (Å²) >= 11 is 0. The molecule has 4 nitrogen and oxygen atoms in total. The topological polar surface area (TPSA) is 43.8 Å². The van der Waals surface area contributed by atoms with Crippen molar-refractivity contribution in [3.63, 3.8) is 0 Å². The van der Waals surface area contributed by atoms with Gasteiger partial charge >= 0.3 is 0 Å². The molecule has 86 valence electrons. The molecule has 4 heteroatoms. The highest BCUT2D eigenvalue weighted by Gasteiger charge is 2.36. The number of hydroxylamine groups is 1. The molecular weight excluding hydrogens is 204 g/mol. The van der Waals surface area contributed by atoms with E-state index in [4.69, 9.17) is 0 Å². The molecule has 1 unspecified atom stereocenters. The molecule has 0 amide bonds. The SMILES string of the molecule is CN(O)N1CC[C@@H](c2ccccc2)C1C=O. The standard InChI is InChI=1S/C12H16N2O2/c1-13(16)14-8-7-11(12(14)9-15)10-5-3-2-4-6-10/h2-6,9,11-12,16H,7-8H2,1H3/t11-,12?/m0/s1. The van der Waals surface area contributed by atoms with Gasteiger partial charge in [-0.2, -0.15) is 0 Å². The number of carbonyl (C=O) groups is 1. The maximum Gasteiger partial charge on any atom is 0.139 e. The van der Waals surface area contributed by atoms with Crippen molar-refractivity contribution >= 4 is 6.29 Å². The predicted molar refractivity (Wildman–Crippen MR) is 59.9 cm³/mol. The molecule has 16 heavy (non-hydrogen) atoms. The first-order valence-corrected chi connectivity index (χ1v) is 5.43. The molecule has 0 aromatic heterocycles. The molecule has 1 aromatic rings. The number of rotatable bonds is 3. The summed E-state index contributed by atoms with van der Waals surface area (Å²) in [6.07, 6.45) is 1.80. The zero-order valence-electron chi connectivity index (χ0n) is 9.28. The fourth-order valence-corrected chi connectivity index (χ4v) is 2.37. The van der Waals surface area contributed by atoms with Gasteiger partial charge in [0.2, 0.25) is 0 Å². The first kappa shape index (κ1) is 11.3. The minimum atomic E-state index is -0.266. The summed E-state index contributed by atoms with van der Waals surface area (Å²) < 4.78 is 0. The Hall–Kier alpha value is -1.23. The summed E-state index contributed by atoms with van der Waals surface area (Å²) in [5.41, 5.74) is 1.16. The number of hydrogen-bond donors (Lipinski definition) is 1. The first-order valence-electron chi connectivity index (χ1n) is 5.43. The van der Waals surface area contributed by atoms with Crippen LogP contribution in [0.4, 0.5) is 0 Å². The van der Waals surface area contributed by atoms with Gasteiger partial charge in [-0.25, -0.2) is 5.01 Å².